The summed E-state index contributed by atoms with van der Waals surface area (Å²) in [6.07, 6.45) is 9.75. The Labute approximate surface area is 101 Å². The first-order valence-corrected chi connectivity index (χ1v) is 7.27. The van der Waals surface area contributed by atoms with Gasteiger partial charge in [0.2, 0.25) is 0 Å². The lowest BCUT2D eigenvalue weighted by molar-refractivity contribution is 0.161. The van der Waals surface area contributed by atoms with Crippen molar-refractivity contribution in [1.82, 2.24) is 4.90 Å². The molecule has 0 aromatic heterocycles. The van der Waals surface area contributed by atoms with Crippen LogP contribution in [0.4, 0.5) is 0 Å². The first kappa shape index (κ1) is 12.4. The summed E-state index contributed by atoms with van der Waals surface area (Å²) in [4.78, 5) is 2.61. The number of nitrogens with two attached hydrogens (primary N) is 1. The second kappa shape index (κ2) is 6.02. The van der Waals surface area contributed by atoms with E-state index in [4.69, 9.17) is 5.73 Å². The third-order valence-electron chi connectivity index (χ3n) is 4.76. The van der Waals surface area contributed by atoms with E-state index in [1.54, 1.807) is 0 Å². The van der Waals surface area contributed by atoms with Crippen LogP contribution in [0.1, 0.15) is 51.9 Å². The summed E-state index contributed by atoms with van der Waals surface area (Å²) in [5, 5.41) is 0. The second-order valence-electron chi connectivity index (χ2n) is 5.86. The third kappa shape index (κ3) is 3.21. The van der Waals surface area contributed by atoms with Crippen LogP contribution in [0.2, 0.25) is 0 Å². The van der Waals surface area contributed by atoms with E-state index in [-0.39, 0.29) is 0 Å². The summed E-state index contributed by atoms with van der Waals surface area (Å²) in [6, 6.07) is 0.445. The van der Waals surface area contributed by atoms with Gasteiger partial charge in [0.25, 0.3) is 0 Å². The van der Waals surface area contributed by atoms with Gasteiger partial charge in [-0.05, 0) is 50.6 Å². The van der Waals surface area contributed by atoms with E-state index in [1.807, 2.05) is 0 Å². The fourth-order valence-corrected chi connectivity index (χ4v) is 3.41. The van der Waals surface area contributed by atoms with Crippen LogP contribution in [0.3, 0.4) is 0 Å². The summed E-state index contributed by atoms with van der Waals surface area (Å²) in [5.74, 6) is 1.81. The largest absolute Gasteiger partial charge is 0.326 e. The van der Waals surface area contributed by atoms with Gasteiger partial charge >= 0.3 is 0 Å². The van der Waals surface area contributed by atoms with Crippen LogP contribution in [0.5, 0.6) is 0 Å². The van der Waals surface area contributed by atoms with E-state index in [9.17, 15) is 0 Å². The molecular formula is C14H28N2. The molecule has 2 N–H and O–H groups in total. The maximum absolute atomic E-state index is 6.34. The molecular weight excluding hydrogens is 196 g/mol. The first-order valence-electron chi connectivity index (χ1n) is 7.27. The van der Waals surface area contributed by atoms with Crippen LogP contribution in [-0.2, 0) is 0 Å². The summed E-state index contributed by atoms with van der Waals surface area (Å²) in [6.45, 7) is 6.06. The Kier molecular flexibility index (Phi) is 4.66. The van der Waals surface area contributed by atoms with Gasteiger partial charge in [0.1, 0.15) is 0 Å². The Balaban J connectivity index is 1.69. The van der Waals surface area contributed by atoms with Gasteiger partial charge < -0.3 is 10.6 Å². The van der Waals surface area contributed by atoms with Crippen molar-refractivity contribution in [2.24, 2.45) is 17.6 Å². The van der Waals surface area contributed by atoms with Gasteiger partial charge in [0, 0.05) is 12.6 Å². The molecule has 94 valence electrons. The molecule has 1 saturated heterocycles. The molecule has 0 aromatic carbocycles. The van der Waals surface area contributed by atoms with E-state index < -0.39 is 0 Å². The quantitative estimate of drug-likeness (QED) is 0.795. The van der Waals surface area contributed by atoms with Gasteiger partial charge in [-0.2, -0.15) is 0 Å². The average Bonchev–Trinajstić information content (AvgIpc) is 2.83. The molecule has 16 heavy (non-hydrogen) atoms. The molecule has 2 rings (SSSR count). The highest BCUT2D eigenvalue weighted by molar-refractivity contribution is 4.82. The molecule has 2 heteroatoms. The highest BCUT2D eigenvalue weighted by atomic mass is 15.1. The van der Waals surface area contributed by atoms with Gasteiger partial charge in [-0.25, -0.2) is 0 Å². The fourth-order valence-electron chi connectivity index (χ4n) is 3.41. The maximum atomic E-state index is 6.34. The number of likely N-dealkylation sites (tertiary alicyclic amines) is 1. The Morgan fingerprint density at radius 2 is 1.75 bits per heavy atom. The van der Waals surface area contributed by atoms with Gasteiger partial charge in [0.15, 0.2) is 0 Å². The zero-order valence-electron chi connectivity index (χ0n) is 10.8. The lowest BCUT2D eigenvalue weighted by Gasteiger charge is -2.34. The minimum atomic E-state index is 0.445. The minimum Gasteiger partial charge on any atom is -0.326 e. The van der Waals surface area contributed by atoms with E-state index in [0.29, 0.717) is 6.04 Å². The molecule has 0 bridgehead atoms. The number of piperidine rings is 1. The van der Waals surface area contributed by atoms with Crippen molar-refractivity contribution in [3.8, 4) is 0 Å². The van der Waals surface area contributed by atoms with Gasteiger partial charge in [0.05, 0.1) is 0 Å². The van der Waals surface area contributed by atoms with Crippen molar-refractivity contribution in [2.75, 3.05) is 19.6 Å². The lowest BCUT2D eigenvalue weighted by atomic mass is 9.93. The molecule has 0 aromatic rings. The van der Waals surface area contributed by atoms with E-state index >= 15 is 0 Å². The van der Waals surface area contributed by atoms with Gasteiger partial charge in [-0.3, -0.25) is 0 Å². The summed E-state index contributed by atoms with van der Waals surface area (Å²) in [7, 11) is 0. The van der Waals surface area contributed by atoms with E-state index in [1.165, 1.54) is 58.0 Å². The van der Waals surface area contributed by atoms with Crippen LogP contribution in [0.15, 0.2) is 0 Å². The Bertz CT molecular complexity index is 191. The van der Waals surface area contributed by atoms with Crippen LogP contribution in [-0.4, -0.2) is 30.6 Å². The number of hydrogen-bond donors (Lipinski definition) is 1. The third-order valence-corrected chi connectivity index (χ3v) is 4.76. The molecule has 1 heterocycles. The first-order chi connectivity index (χ1) is 7.79. The highest BCUT2D eigenvalue weighted by Gasteiger charge is 2.25. The van der Waals surface area contributed by atoms with Crippen LogP contribution >= 0.6 is 0 Å². The lowest BCUT2D eigenvalue weighted by Crippen LogP contribution is -2.44. The molecule has 0 amide bonds. The zero-order valence-corrected chi connectivity index (χ0v) is 10.8. The SMILES string of the molecule is CCC1CCN(CC(N)C2CCCC2)CC1. The van der Waals surface area contributed by atoms with E-state index in [0.717, 1.165) is 18.4 Å². The van der Waals surface area contributed by atoms with Crippen molar-refractivity contribution in [3.05, 3.63) is 0 Å². The number of rotatable bonds is 4. The monoisotopic (exact) mass is 224 g/mol. The van der Waals surface area contributed by atoms with Gasteiger partial charge in [-0.1, -0.05) is 26.2 Å². The molecule has 1 saturated carbocycles. The average molecular weight is 224 g/mol. The standard InChI is InChI=1S/C14H28N2/c1-2-12-7-9-16(10-8-12)11-14(15)13-5-3-4-6-13/h12-14H,2-11,15H2,1H3. The highest BCUT2D eigenvalue weighted by Crippen LogP contribution is 2.28. The van der Waals surface area contributed by atoms with Gasteiger partial charge in [-0.15, -0.1) is 0 Å². The van der Waals surface area contributed by atoms with Crippen molar-refractivity contribution in [3.63, 3.8) is 0 Å². The predicted octanol–water partition coefficient (Wildman–Crippen LogP) is 2.63. The van der Waals surface area contributed by atoms with Crippen molar-refractivity contribution in [1.29, 1.82) is 0 Å². The number of nitrogens with zero attached hydrogens (tertiary/aromatic N) is 1. The molecule has 2 aliphatic rings. The minimum absolute atomic E-state index is 0.445. The molecule has 1 unspecified atom stereocenters. The predicted molar refractivity (Wildman–Crippen MR) is 69.4 cm³/mol. The molecule has 0 spiro atoms. The van der Waals surface area contributed by atoms with Crippen LogP contribution in [0, 0.1) is 11.8 Å². The smallest absolute Gasteiger partial charge is 0.0196 e. The van der Waals surface area contributed by atoms with Crippen molar-refractivity contribution >= 4 is 0 Å². The second-order valence-corrected chi connectivity index (χ2v) is 5.86. The van der Waals surface area contributed by atoms with Crippen molar-refractivity contribution < 1.29 is 0 Å². The zero-order chi connectivity index (χ0) is 11.4. The molecule has 2 fully saturated rings. The topological polar surface area (TPSA) is 29.3 Å². The Hall–Kier alpha value is -0.0800. The Morgan fingerprint density at radius 3 is 2.31 bits per heavy atom. The maximum Gasteiger partial charge on any atom is 0.0196 e. The van der Waals surface area contributed by atoms with Crippen molar-refractivity contribution in [2.45, 2.75) is 57.9 Å². The molecule has 1 atom stereocenters. The normalized spacial score (nSPS) is 27.4. The van der Waals surface area contributed by atoms with Crippen LogP contribution in [0.25, 0.3) is 0 Å². The molecule has 2 nitrogen and oxygen atoms in total. The molecule has 1 aliphatic carbocycles. The fraction of sp³-hybridized carbons (Fsp3) is 1.00. The van der Waals surface area contributed by atoms with E-state index in [2.05, 4.69) is 11.8 Å². The summed E-state index contributed by atoms with van der Waals surface area (Å²) < 4.78 is 0. The molecule has 1 aliphatic heterocycles. The summed E-state index contributed by atoms with van der Waals surface area (Å²) >= 11 is 0. The van der Waals surface area contributed by atoms with Crippen LogP contribution < -0.4 is 5.73 Å². The Morgan fingerprint density at radius 1 is 1.12 bits per heavy atom. The summed E-state index contributed by atoms with van der Waals surface area (Å²) in [5.41, 5.74) is 6.34. The molecule has 0 radical (unpaired) electrons. The number of hydrogen-bond acceptors (Lipinski definition) is 2.